The van der Waals surface area contributed by atoms with E-state index in [-0.39, 0.29) is 15.9 Å². The Hall–Kier alpha value is -1.59. The van der Waals surface area contributed by atoms with Gasteiger partial charge in [0.15, 0.2) is 0 Å². The molecule has 0 radical (unpaired) electrons. The van der Waals surface area contributed by atoms with Gasteiger partial charge in [0.25, 0.3) is 5.91 Å². The summed E-state index contributed by atoms with van der Waals surface area (Å²) in [4.78, 5) is 15.9. The van der Waals surface area contributed by atoms with Gasteiger partial charge >= 0.3 is 0 Å². The van der Waals surface area contributed by atoms with E-state index in [1.165, 1.54) is 12.1 Å². The SMILES string of the molecule is Cc1cc(NC(=O)c2nc(Cl)ccc2Cl)n(C)n1. The molecule has 5 nitrogen and oxygen atoms in total. The van der Waals surface area contributed by atoms with Gasteiger partial charge in [-0.25, -0.2) is 4.98 Å². The molecule has 1 N–H and O–H groups in total. The van der Waals surface area contributed by atoms with Crippen LogP contribution in [0.5, 0.6) is 0 Å². The number of aromatic nitrogens is 3. The summed E-state index contributed by atoms with van der Waals surface area (Å²) in [5.74, 6) is 0.140. The number of aryl methyl sites for hydroxylation is 2. The van der Waals surface area contributed by atoms with Crippen LogP contribution < -0.4 is 5.32 Å². The zero-order chi connectivity index (χ0) is 13.3. The van der Waals surface area contributed by atoms with Gasteiger partial charge in [-0.3, -0.25) is 9.48 Å². The Morgan fingerprint density at radius 2 is 2.11 bits per heavy atom. The molecule has 0 aliphatic heterocycles. The number of anilines is 1. The molecule has 0 aliphatic carbocycles. The van der Waals surface area contributed by atoms with Crippen molar-refractivity contribution in [3.8, 4) is 0 Å². The van der Waals surface area contributed by atoms with Crippen LogP contribution in [0.2, 0.25) is 10.2 Å². The average molecular weight is 285 g/mol. The molecule has 18 heavy (non-hydrogen) atoms. The van der Waals surface area contributed by atoms with Gasteiger partial charge in [-0.1, -0.05) is 23.2 Å². The summed E-state index contributed by atoms with van der Waals surface area (Å²) < 4.78 is 1.56. The number of hydrogen-bond acceptors (Lipinski definition) is 3. The number of pyridine rings is 1. The monoisotopic (exact) mass is 284 g/mol. The first-order valence-electron chi connectivity index (χ1n) is 5.11. The standard InChI is InChI=1S/C11H10Cl2N4O/c1-6-5-9(17(2)16-6)15-11(18)10-7(12)3-4-8(13)14-10/h3-5H,1-2H3,(H,15,18). The second kappa shape index (κ2) is 4.96. The van der Waals surface area contributed by atoms with E-state index in [2.05, 4.69) is 15.4 Å². The zero-order valence-electron chi connectivity index (χ0n) is 9.74. The Kier molecular flexibility index (Phi) is 3.54. The molecule has 0 aromatic carbocycles. The number of nitrogens with one attached hydrogen (secondary N) is 1. The highest BCUT2D eigenvalue weighted by Crippen LogP contribution is 2.18. The summed E-state index contributed by atoms with van der Waals surface area (Å²) in [6.07, 6.45) is 0. The topological polar surface area (TPSA) is 59.8 Å². The van der Waals surface area contributed by atoms with E-state index in [1.54, 1.807) is 17.8 Å². The number of nitrogens with zero attached hydrogens (tertiary/aromatic N) is 3. The summed E-state index contributed by atoms with van der Waals surface area (Å²) in [6, 6.07) is 4.80. The van der Waals surface area contributed by atoms with Gasteiger partial charge in [0.05, 0.1) is 10.7 Å². The van der Waals surface area contributed by atoms with Gasteiger partial charge in [0.2, 0.25) is 0 Å². The van der Waals surface area contributed by atoms with Gasteiger partial charge < -0.3 is 5.32 Å². The summed E-state index contributed by atoms with van der Waals surface area (Å²) in [7, 11) is 1.73. The third kappa shape index (κ3) is 2.63. The maximum absolute atomic E-state index is 12.0. The zero-order valence-corrected chi connectivity index (χ0v) is 11.2. The summed E-state index contributed by atoms with van der Waals surface area (Å²) in [5.41, 5.74) is 0.890. The van der Waals surface area contributed by atoms with Crippen LogP contribution in [0, 0.1) is 6.92 Å². The molecule has 0 spiro atoms. The van der Waals surface area contributed by atoms with Gasteiger partial charge in [0, 0.05) is 13.1 Å². The largest absolute Gasteiger partial charge is 0.305 e. The lowest BCUT2D eigenvalue weighted by molar-refractivity contribution is 0.102. The molecule has 7 heteroatoms. The van der Waals surface area contributed by atoms with Gasteiger partial charge in [-0.15, -0.1) is 0 Å². The number of halogens is 2. The molecule has 94 valence electrons. The van der Waals surface area contributed by atoms with Crippen molar-refractivity contribution < 1.29 is 4.79 Å². The van der Waals surface area contributed by atoms with Crippen LogP contribution in [-0.4, -0.2) is 20.7 Å². The number of amides is 1. The van der Waals surface area contributed by atoms with Crippen molar-refractivity contribution in [3.05, 3.63) is 39.8 Å². The highest BCUT2D eigenvalue weighted by atomic mass is 35.5. The second-order valence-electron chi connectivity index (χ2n) is 3.71. The molecule has 0 bridgehead atoms. The number of carbonyl (C=O) groups is 1. The molecule has 2 aromatic rings. The predicted molar refractivity (Wildman–Crippen MR) is 70.2 cm³/mol. The number of hydrogen-bond donors (Lipinski definition) is 1. The summed E-state index contributed by atoms with van der Waals surface area (Å²) >= 11 is 11.6. The van der Waals surface area contributed by atoms with Crippen LogP contribution in [0.4, 0.5) is 5.82 Å². The lowest BCUT2D eigenvalue weighted by Gasteiger charge is -2.06. The minimum absolute atomic E-state index is 0.0861. The van der Waals surface area contributed by atoms with Crippen LogP contribution in [0.25, 0.3) is 0 Å². The molecule has 0 saturated heterocycles. The fourth-order valence-corrected chi connectivity index (χ4v) is 1.82. The van der Waals surface area contributed by atoms with E-state index in [4.69, 9.17) is 23.2 Å². The van der Waals surface area contributed by atoms with E-state index < -0.39 is 5.91 Å². The molecule has 0 saturated carbocycles. The molecular formula is C11H10Cl2N4O. The first-order valence-corrected chi connectivity index (χ1v) is 5.87. The minimum Gasteiger partial charge on any atom is -0.305 e. The molecule has 0 unspecified atom stereocenters. The highest BCUT2D eigenvalue weighted by molar-refractivity contribution is 6.35. The van der Waals surface area contributed by atoms with Crippen molar-refractivity contribution >= 4 is 34.9 Å². The molecule has 1 amide bonds. The fourth-order valence-electron chi connectivity index (χ4n) is 1.48. The predicted octanol–water partition coefficient (Wildman–Crippen LogP) is 2.68. The maximum atomic E-state index is 12.0. The molecule has 0 atom stereocenters. The Morgan fingerprint density at radius 1 is 1.39 bits per heavy atom. The van der Waals surface area contributed by atoms with Crippen molar-refractivity contribution in [2.75, 3.05) is 5.32 Å². The van der Waals surface area contributed by atoms with Crippen LogP contribution in [0.15, 0.2) is 18.2 Å². The lowest BCUT2D eigenvalue weighted by Crippen LogP contribution is -2.16. The Balaban J connectivity index is 2.27. The number of rotatable bonds is 2. The first-order chi connectivity index (χ1) is 8.47. The summed E-state index contributed by atoms with van der Waals surface area (Å²) in [5, 5.41) is 7.25. The highest BCUT2D eigenvalue weighted by Gasteiger charge is 2.14. The lowest BCUT2D eigenvalue weighted by atomic mass is 10.3. The Morgan fingerprint density at radius 3 is 2.72 bits per heavy atom. The Bertz CT molecular complexity index is 609. The van der Waals surface area contributed by atoms with Gasteiger partial charge in [-0.05, 0) is 19.1 Å². The molecule has 0 aliphatic rings. The maximum Gasteiger partial charge on any atom is 0.277 e. The minimum atomic E-state index is -0.425. The number of carbonyl (C=O) groups excluding carboxylic acids is 1. The van der Waals surface area contributed by atoms with E-state index >= 15 is 0 Å². The fraction of sp³-hybridized carbons (Fsp3) is 0.182. The van der Waals surface area contributed by atoms with Crippen molar-refractivity contribution in [1.29, 1.82) is 0 Å². The van der Waals surface area contributed by atoms with Crippen LogP contribution in [0.1, 0.15) is 16.2 Å². The normalized spacial score (nSPS) is 10.4. The average Bonchev–Trinajstić information content (AvgIpc) is 2.61. The first kappa shape index (κ1) is 12.9. The molecule has 2 heterocycles. The van der Waals surface area contributed by atoms with E-state index in [9.17, 15) is 4.79 Å². The van der Waals surface area contributed by atoms with Crippen molar-refractivity contribution in [1.82, 2.24) is 14.8 Å². The third-order valence-electron chi connectivity index (χ3n) is 2.27. The molecule has 2 aromatic heterocycles. The molecule has 2 rings (SSSR count). The van der Waals surface area contributed by atoms with Gasteiger partial charge in [-0.2, -0.15) is 5.10 Å². The van der Waals surface area contributed by atoms with Crippen molar-refractivity contribution in [2.24, 2.45) is 7.05 Å². The smallest absolute Gasteiger partial charge is 0.277 e. The van der Waals surface area contributed by atoms with Crippen molar-refractivity contribution in [2.45, 2.75) is 6.92 Å². The van der Waals surface area contributed by atoms with Crippen molar-refractivity contribution in [3.63, 3.8) is 0 Å². The van der Waals surface area contributed by atoms with Gasteiger partial charge in [0.1, 0.15) is 16.7 Å². The third-order valence-corrected chi connectivity index (χ3v) is 2.79. The van der Waals surface area contributed by atoms with Crippen LogP contribution in [0.3, 0.4) is 0 Å². The quantitative estimate of drug-likeness (QED) is 0.863. The van der Waals surface area contributed by atoms with E-state index in [0.717, 1.165) is 5.69 Å². The Labute approximate surface area is 114 Å². The second-order valence-corrected chi connectivity index (χ2v) is 4.51. The van der Waals surface area contributed by atoms with Crippen LogP contribution in [-0.2, 0) is 7.05 Å². The van der Waals surface area contributed by atoms with E-state index in [0.29, 0.717) is 5.82 Å². The van der Waals surface area contributed by atoms with E-state index in [1.807, 2.05) is 6.92 Å². The summed E-state index contributed by atoms with van der Waals surface area (Å²) in [6.45, 7) is 1.83. The van der Waals surface area contributed by atoms with Crippen LogP contribution >= 0.6 is 23.2 Å². The molecule has 0 fully saturated rings. The molecular weight excluding hydrogens is 275 g/mol.